The number of amides is 1. The van der Waals surface area contributed by atoms with Crippen LogP contribution in [0.4, 0.5) is 0 Å². The maximum Gasteiger partial charge on any atom is 0.222 e. The smallest absolute Gasteiger partial charge is 0.222 e. The Hall–Kier alpha value is -2.84. The van der Waals surface area contributed by atoms with E-state index < -0.39 is 0 Å². The van der Waals surface area contributed by atoms with Gasteiger partial charge < -0.3 is 138 Å². The topological polar surface area (TPSA) is 335 Å². The number of ketones is 1. The number of carbonyl (C=O) groups excluding carboxylic acids is 2. The number of carbonyl (C=O) groups is 2. The van der Waals surface area contributed by atoms with Gasteiger partial charge in [0.1, 0.15) is 11.5 Å². The monoisotopic (exact) mass is 1530 g/mol. The minimum atomic E-state index is -0.0970. The van der Waals surface area contributed by atoms with Crippen LogP contribution in [0.25, 0.3) is 0 Å². The zero-order valence-electron chi connectivity index (χ0n) is 64.3. The molecule has 0 aromatic carbocycles. The van der Waals surface area contributed by atoms with Crippen molar-refractivity contribution in [1.82, 2.24) is 20.3 Å². The summed E-state index contributed by atoms with van der Waals surface area (Å²) in [5.74, 6) is 0.750. The third kappa shape index (κ3) is 86.6. The van der Waals surface area contributed by atoms with Crippen LogP contribution in [-0.2, 0) is 155 Å². The molecule has 105 heavy (non-hydrogen) atoms. The largest absolute Gasteiger partial charge is 0.379 e. The molecule has 0 saturated heterocycles. The Kier molecular flexibility index (Phi) is 84.3. The van der Waals surface area contributed by atoms with Crippen molar-refractivity contribution in [3.05, 3.63) is 11.9 Å². The van der Waals surface area contributed by atoms with Crippen molar-refractivity contribution in [2.45, 2.75) is 66.0 Å². The van der Waals surface area contributed by atoms with Crippen molar-refractivity contribution in [2.75, 3.05) is 370 Å². The summed E-state index contributed by atoms with van der Waals surface area (Å²) in [4.78, 5) is 22.9. The van der Waals surface area contributed by atoms with E-state index in [4.69, 9.17) is 133 Å². The van der Waals surface area contributed by atoms with Gasteiger partial charge in [0.05, 0.1) is 376 Å². The molecule has 0 spiro atoms. The van der Waals surface area contributed by atoms with Crippen LogP contribution in [-0.4, -0.2) is 397 Å². The van der Waals surface area contributed by atoms with Crippen molar-refractivity contribution >= 4 is 11.7 Å². The van der Waals surface area contributed by atoms with Crippen LogP contribution in [0.1, 0.15) is 58.6 Å². The molecule has 0 unspecified atom stereocenters. The van der Waals surface area contributed by atoms with Gasteiger partial charge in [0.2, 0.25) is 5.91 Å². The molecule has 0 aliphatic heterocycles. The zero-order chi connectivity index (χ0) is 75.1. The standard InChI is InChI=1S/C71H138N4O30/c1-68(2)6-4-5-10-75-66-70(73-74-75)67-105-65-64-104-63-62-82-18-15-79-12-8-71(77)72-9-13-80-16-19-83-21-23-85-25-27-87-29-31-89-33-35-91-37-39-93-41-43-95-45-47-97-49-51-99-53-55-101-57-59-103-61-60-102-58-56-100-54-52-98-50-48-96-46-44-94-42-40-92-38-36-90-34-32-88-30-28-86-26-24-84-22-20-81-17-14-78-11-7-69(3)76/h66,68H,4-65,67H2,1-3H3,(H,72,77). The van der Waals surface area contributed by atoms with E-state index in [9.17, 15) is 9.59 Å². The van der Waals surface area contributed by atoms with Crippen LogP contribution < -0.4 is 5.32 Å². The summed E-state index contributed by atoms with van der Waals surface area (Å²) >= 11 is 0. The molecule has 1 amide bonds. The number of nitrogens with zero attached hydrogens (tertiary/aromatic N) is 3. The SMILES string of the molecule is CC(=O)CCOCCOCCOCCOCCOCCOCCOCCOCCOCCOCCOCCOCCOCCOCCOCCOCCOCCOCCOCCOCCOCCOCCOCCOCCNC(=O)CCOCCOCCOCCOCc1cn(CCCCC(C)C)nn1. The summed E-state index contributed by atoms with van der Waals surface area (Å²) in [6.07, 6.45) is 6.16. The van der Waals surface area contributed by atoms with E-state index in [0.717, 1.165) is 24.6 Å². The second kappa shape index (κ2) is 88.4. The van der Waals surface area contributed by atoms with Gasteiger partial charge in [0.25, 0.3) is 0 Å². The fraction of sp³-hybridized carbons (Fsp3) is 0.944. The molecule has 0 bridgehead atoms. The molecule has 1 heterocycles. The Morgan fingerprint density at radius 3 is 0.733 bits per heavy atom. The minimum absolute atomic E-state index is 0.0970. The number of rotatable bonds is 94. The first-order chi connectivity index (χ1) is 52.0. The molecule has 1 aromatic rings. The molecule has 34 nitrogen and oxygen atoms in total. The number of nitrogens with one attached hydrogen (secondary N) is 1. The predicted octanol–water partition coefficient (Wildman–Crippen LogP) is 2.55. The van der Waals surface area contributed by atoms with Crippen LogP contribution in [0.2, 0.25) is 0 Å². The summed E-state index contributed by atoms with van der Waals surface area (Å²) in [6.45, 7) is 33.3. The third-order valence-electron chi connectivity index (χ3n) is 13.6. The van der Waals surface area contributed by atoms with E-state index in [1.54, 1.807) is 6.92 Å². The van der Waals surface area contributed by atoms with Crippen LogP contribution >= 0.6 is 0 Å². The number of aromatic nitrogens is 3. The van der Waals surface area contributed by atoms with E-state index >= 15 is 0 Å². The molecular formula is C71H138N4O30. The first-order valence-corrected chi connectivity index (χ1v) is 37.8. The quantitative estimate of drug-likeness (QED) is 0.0916. The zero-order valence-corrected chi connectivity index (χ0v) is 64.3. The van der Waals surface area contributed by atoms with Crippen molar-refractivity contribution in [1.29, 1.82) is 0 Å². The Morgan fingerprint density at radius 1 is 0.295 bits per heavy atom. The number of hydrogen-bond donors (Lipinski definition) is 1. The highest BCUT2D eigenvalue weighted by molar-refractivity contribution is 5.76. The molecule has 1 rings (SSSR count). The van der Waals surface area contributed by atoms with Gasteiger partial charge in [-0.3, -0.25) is 14.3 Å². The van der Waals surface area contributed by atoms with E-state index in [-0.39, 0.29) is 18.1 Å². The highest BCUT2D eigenvalue weighted by atomic mass is 16.6. The van der Waals surface area contributed by atoms with E-state index in [0.29, 0.717) is 383 Å². The van der Waals surface area contributed by atoms with Gasteiger partial charge in [0.15, 0.2) is 0 Å². The Balaban J connectivity index is 1.61. The highest BCUT2D eigenvalue weighted by Crippen LogP contribution is 2.08. The Labute approximate surface area is 625 Å². The molecule has 34 heteroatoms. The molecular weight excluding hydrogens is 1390 g/mol. The maximum absolute atomic E-state index is 12.0. The molecule has 0 aliphatic carbocycles. The molecule has 622 valence electrons. The summed E-state index contributed by atoms with van der Waals surface area (Å²) < 4.78 is 156. The lowest BCUT2D eigenvalue weighted by molar-refractivity contribution is -0.122. The molecule has 0 fully saturated rings. The second-order valence-electron chi connectivity index (χ2n) is 23.0. The van der Waals surface area contributed by atoms with Gasteiger partial charge >= 0.3 is 0 Å². The van der Waals surface area contributed by atoms with Crippen LogP contribution in [0.15, 0.2) is 6.20 Å². The lowest BCUT2D eigenvalue weighted by Crippen LogP contribution is -2.28. The number of Topliss-reactive ketones (excluding diaryl/α,β-unsaturated/α-hetero) is 1. The third-order valence-corrected chi connectivity index (χ3v) is 13.6. The van der Waals surface area contributed by atoms with Gasteiger partial charge in [0, 0.05) is 25.9 Å². The van der Waals surface area contributed by atoms with Crippen molar-refractivity contribution in [2.24, 2.45) is 5.92 Å². The fourth-order valence-corrected chi connectivity index (χ4v) is 8.07. The Bertz CT molecular complexity index is 1850. The summed E-state index contributed by atoms with van der Waals surface area (Å²) in [5.41, 5.74) is 0.819. The highest BCUT2D eigenvalue weighted by Gasteiger charge is 2.06. The van der Waals surface area contributed by atoms with Crippen LogP contribution in [0.3, 0.4) is 0 Å². The van der Waals surface area contributed by atoms with Crippen LogP contribution in [0.5, 0.6) is 0 Å². The van der Waals surface area contributed by atoms with Crippen molar-refractivity contribution in [3.63, 3.8) is 0 Å². The average molecular weight is 1530 g/mol. The summed E-state index contributed by atoms with van der Waals surface area (Å²) in [5, 5.41) is 11.1. The first kappa shape index (κ1) is 100. The summed E-state index contributed by atoms with van der Waals surface area (Å²) in [6, 6.07) is 0. The number of ether oxygens (including phenoxy) is 28. The number of unbranched alkanes of at least 4 members (excludes halogenated alkanes) is 1. The molecule has 0 saturated carbocycles. The summed E-state index contributed by atoms with van der Waals surface area (Å²) in [7, 11) is 0. The normalized spacial score (nSPS) is 11.8. The van der Waals surface area contributed by atoms with Gasteiger partial charge in [-0.15, -0.1) is 5.10 Å². The van der Waals surface area contributed by atoms with Crippen molar-refractivity contribution < 1.29 is 142 Å². The average Bonchev–Trinajstić information content (AvgIpc) is 1.80. The van der Waals surface area contributed by atoms with Crippen molar-refractivity contribution in [3.8, 4) is 0 Å². The van der Waals surface area contributed by atoms with Gasteiger partial charge in [-0.2, -0.15) is 0 Å². The van der Waals surface area contributed by atoms with Gasteiger partial charge in [-0.1, -0.05) is 31.9 Å². The maximum atomic E-state index is 12.0. The molecule has 0 radical (unpaired) electrons. The molecule has 1 aromatic heterocycles. The fourth-order valence-electron chi connectivity index (χ4n) is 8.07. The number of aryl methyl sites for hydroxylation is 1. The predicted molar refractivity (Wildman–Crippen MR) is 383 cm³/mol. The first-order valence-electron chi connectivity index (χ1n) is 37.8. The molecule has 0 aliphatic rings. The lowest BCUT2D eigenvalue weighted by atomic mass is 10.1. The second-order valence-corrected chi connectivity index (χ2v) is 23.0. The van der Waals surface area contributed by atoms with Crippen LogP contribution in [0, 0.1) is 5.92 Å². The van der Waals surface area contributed by atoms with E-state index in [1.807, 2.05) is 10.9 Å². The molecule has 1 N–H and O–H groups in total. The molecule has 0 atom stereocenters. The van der Waals surface area contributed by atoms with E-state index in [1.165, 1.54) is 12.8 Å². The van der Waals surface area contributed by atoms with E-state index in [2.05, 4.69) is 29.5 Å². The minimum Gasteiger partial charge on any atom is -0.379 e. The number of hydrogen-bond acceptors (Lipinski definition) is 32. The van der Waals surface area contributed by atoms with Gasteiger partial charge in [-0.05, 0) is 19.3 Å². The Morgan fingerprint density at radius 2 is 0.505 bits per heavy atom. The van der Waals surface area contributed by atoms with Gasteiger partial charge in [-0.25, -0.2) is 0 Å². The lowest BCUT2D eigenvalue weighted by Gasteiger charge is -2.09.